The van der Waals surface area contributed by atoms with Gasteiger partial charge in [0.05, 0.1) is 5.92 Å². The zero-order chi connectivity index (χ0) is 14.7. The van der Waals surface area contributed by atoms with Crippen LogP contribution in [-0.4, -0.2) is 23.0 Å². The van der Waals surface area contributed by atoms with E-state index in [4.69, 9.17) is 0 Å². The molecule has 0 aromatic heterocycles. The van der Waals surface area contributed by atoms with Crippen LogP contribution in [-0.2, 0) is 4.79 Å². The first kappa shape index (κ1) is 14.6. The van der Waals surface area contributed by atoms with Crippen molar-refractivity contribution in [3.05, 3.63) is 34.9 Å². The van der Waals surface area contributed by atoms with Gasteiger partial charge < -0.3 is 10.4 Å². The number of hydrogen-bond acceptors (Lipinski definition) is 2. The maximum absolute atomic E-state index is 12.4. The molecule has 4 heteroatoms. The summed E-state index contributed by atoms with van der Waals surface area (Å²) in [5, 5.41) is 12.2. The highest BCUT2D eigenvalue weighted by Gasteiger charge is 2.32. The van der Waals surface area contributed by atoms with E-state index in [-0.39, 0.29) is 11.9 Å². The SMILES string of the molecule is Cc1ccc(C)c(C(=O)NC2CCCCC2C(=O)O)c1. The highest BCUT2D eigenvalue weighted by Crippen LogP contribution is 2.25. The van der Waals surface area contributed by atoms with Crippen molar-refractivity contribution in [3.63, 3.8) is 0 Å². The fourth-order valence-corrected chi connectivity index (χ4v) is 2.83. The zero-order valence-electron chi connectivity index (χ0n) is 12.0. The number of hydrogen-bond donors (Lipinski definition) is 2. The summed E-state index contributed by atoms with van der Waals surface area (Å²) < 4.78 is 0. The number of carboxylic acid groups (broad SMARTS) is 1. The van der Waals surface area contributed by atoms with Crippen LogP contribution in [0.1, 0.15) is 47.2 Å². The third kappa shape index (κ3) is 3.18. The highest BCUT2D eigenvalue weighted by molar-refractivity contribution is 5.96. The molecule has 2 unspecified atom stereocenters. The molecule has 0 spiro atoms. The molecule has 1 aliphatic carbocycles. The van der Waals surface area contributed by atoms with Crippen LogP contribution in [0.4, 0.5) is 0 Å². The Balaban J connectivity index is 2.13. The van der Waals surface area contributed by atoms with Crippen LogP contribution in [0, 0.1) is 19.8 Å². The summed E-state index contributed by atoms with van der Waals surface area (Å²) in [6.45, 7) is 3.83. The molecular weight excluding hydrogens is 254 g/mol. The second kappa shape index (κ2) is 6.07. The molecule has 1 amide bonds. The maximum Gasteiger partial charge on any atom is 0.308 e. The molecule has 2 atom stereocenters. The summed E-state index contributed by atoms with van der Waals surface area (Å²) in [4.78, 5) is 23.6. The summed E-state index contributed by atoms with van der Waals surface area (Å²) in [7, 11) is 0. The van der Waals surface area contributed by atoms with E-state index >= 15 is 0 Å². The Bertz CT molecular complexity index is 524. The molecule has 0 saturated heterocycles. The smallest absolute Gasteiger partial charge is 0.308 e. The molecule has 0 heterocycles. The van der Waals surface area contributed by atoms with E-state index in [2.05, 4.69) is 5.32 Å². The van der Waals surface area contributed by atoms with Crippen molar-refractivity contribution in [1.29, 1.82) is 0 Å². The Morgan fingerprint density at radius 1 is 1.20 bits per heavy atom. The summed E-state index contributed by atoms with van der Waals surface area (Å²) in [5.41, 5.74) is 2.58. The molecule has 0 bridgehead atoms. The second-order valence-corrected chi connectivity index (χ2v) is 5.63. The molecule has 108 valence electrons. The number of benzene rings is 1. The fraction of sp³-hybridized carbons (Fsp3) is 0.500. The van der Waals surface area contributed by atoms with E-state index in [0.29, 0.717) is 12.0 Å². The lowest BCUT2D eigenvalue weighted by Gasteiger charge is -2.29. The monoisotopic (exact) mass is 275 g/mol. The van der Waals surface area contributed by atoms with Crippen LogP contribution in [0.3, 0.4) is 0 Å². The number of carboxylic acids is 1. The number of carbonyl (C=O) groups is 2. The molecule has 1 aliphatic rings. The first-order valence-corrected chi connectivity index (χ1v) is 7.10. The molecule has 1 aromatic rings. The van der Waals surface area contributed by atoms with E-state index in [9.17, 15) is 14.7 Å². The lowest BCUT2D eigenvalue weighted by molar-refractivity contribution is -0.143. The van der Waals surface area contributed by atoms with Gasteiger partial charge in [0.1, 0.15) is 0 Å². The lowest BCUT2D eigenvalue weighted by Crippen LogP contribution is -2.45. The molecule has 1 aromatic carbocycles. The minimum atomic E-state index is -0.809. The van der Waals surface area contributed by atoms with Crippen LogP contribution in [0.2, 0.25) is 0 Å². The van der Waals surface area contributed by atoms with Crippen molar-refractivity contribution in [1.82, 2.24) is 5.32 Å². The molecular formula is C16H21NO3. The van der Waals surface area contributed by atoms with Crippen LogP contribution in [0.5, 0.6) is 0 Å². The highest BCUT2D eigenvalue weighted by atomic mass is 16.4. The first-order valence-electron chi connectivity index (χ1n) is 7.10. The molecule has 4 nitrogen and oxygen atoms in total. The normalized spacial score (nSPS) is 22.3. The van der Waals surface area contributed by atoms with Gasteiger partial charge in [0.2, 0.25) is 0 Å². The Morgan fingerprint density at radius 3 is 2.60 bits per heavy atom. The van der Waals surface area contributed by atoms with Crippen LogP contribution < -0.4 is 5.32 Å². The molecule has 0 radical (unpaired) electrons. The van der Waals surface area contributed by atoms with Gasteiger partial charge in [0, 0.05) is 11.6 Å². The fourth-order valence-electron chi connectivity index (χ4n) is 2.83. The summed E-state index contributed by atoms with van der Waals surface area (Å²) in [6, 6.07) is 5.48. The number of carbonyl (C=O) groups excluding carboxylic acids is 1. The molecule has 0 aliphatic heterocycles. The lowest BCUT2D eigenvalue weighted by atomic mass is 9.84. The number of amides is 1. The topological polar surface area (TPSA) is 66.4 Å². The van der Waals surface area contributed by atoms with Crippen molar-refractivity contribution >= 4 is 11.9 Å². The van der Waals surface area contributed by atoms with E-state index < -0.39 is 11.9 Å². The van der Waals surface area contributed by atoms with E-state index in [1.165, 1.54) is 0 Å². The van der Waals surface area contributed by atoms with Crippen molar-refractivity contribution in [2.45, 2.75) is 45.6 Å². The van der Waals surface area contributed by atoms with Crippen LogP contribution in [0.15, 0.2) is 18.2 Å². The van der Waals surface area contributed by atoms with Crippen molar-refractivity contribution in [2.24, 2.45) is 5.92 Å². The average molecular weight is 275 g/mol. The Hall–Kier alpha value is -1.84. The largest absolute Gasteiger partial charge is 0.481 e. The van der Waals surface area contributed by atoms with Crippen LogP contribution >= 0.6 is 0 Å². The third-order valence-electron chi connectivity index (χ3n) is 4.04. The molecule has 2 N–H and O–H groups in total. The number of aliphatic carboxylic acids is 1. The first-order chi connectivity index (χ1) is 9.49. The third-order valence-corrected chi connectivity index (χ3v) is 4.04. The van der Waals surface area contributed by atoms with Crippen molar-refractivity contribution in [3.8, 4) is 0 Å². The summed E-state index contributed by atoms with van der Waals surface area (Å²) >= 11 is 0. The second-order valence-electron chi connectivity index (χ2n) is 5.63. The number of rotatable bonds is 3. The number of aryl methyl sites for hydroxylation is 2. The summed E-state index contributed by atoms with van der Waals surface area (Å²) in [5.74, 6) is -1.43. The van der Waals surface area contributed by atoms with Gasteiger partial charge in [-0.15, -0.1) is 0 Å². The predicted octanol–water partition coefficient (Wildman–Crippen LogP) is 2.68. The zero-order valence-corrected chi connectivity index (χ0v) is 12.0. The number of nitrogens with one attached hydrogen (secondary N) is 1. The Labute approximate surface area is 119 Å². The molecule has 20 heavy (non-hydrogen) atoms. The quantitative estimate of drug-likeness (QED) is 0.891. The van der Waals surface area contributed by atoms with E-state index in [1.54, 1.807) is 0 Å². The van der Waals surface area contributed by atoms with Gasteiger partial charge >= 0.3 is 5.97 Å². The van der Waals surface area contributed by atoms with Gasteiger partial charge in [0.15, 0.2) is 0 Å². The van der Waals surface area contributed by atoms with Gasteiger partial charge in [-0.1, -0.05) is 30.5 Å². The molecule has 1 saturated carbocycles. The van der Waals surface area contributed by atoms with Crippen LogP contribution in [0.25, 0.3) is 0 Å². The maximum atomic E-state index is 12.4. The Morgan fingerprint density at radius 2 is 1.90 bits per heavy atom. The van der Waals surface area contributed by atoms with Crippen molar-refractivity contribution < 1.29 is 14.7 Å². The average Bonchev–Trinajstić information content (AvgIpc) is 2.41. The van der Waals surface area contributed by atoms with E-state index in [1.807, 2.05) is 32.0 Å². The van der Waals surface area contributed by atoms with Crippen molar-refractivity contribution in [2.75, 3.05) is 0 Å². The van der Waals surface area contributed by atoms with Gasteiger partial charge in [-0.2, -0.15) is 0 Å². The minimum Gasteiger partial charge on any atom is -0.481 e. The molecule has 1 fully saturated rings. The predicted molar refractivity (Wildman–Crippen MR) is 76.8 cm³/mol. The van der Waals surface area contributed by atoms with E-state index in [0.717, 1.165) is 30.4 Å². The van der Waals surface area contributed by atoms with Gasteiger partial charge in [-0.05, 0) is 38.3 Å². The molecule has 2 rings (SSSR count). The standard InChI is InChI=1S/C16H21NO3/c1-10-7-8-11(2)13(9-10)15(18)17-14-6-4-3-5-12(14)16(19)20/h7-9,12,14H,3-6H2,1-2H3,(H,17,18)(H,19,20). The van der Waals surface area contributed by atoms with Gasteiger partial charge in [-0.3, -0.25) is 9.59 Å². The minimum absolute atomic E-state index is 0.163. The van der Waals surface area contributed by atoms with Gasteiger partial charge in [0.25, 0.3) is 5.91 Å². The Kier molecular flexibility index (Phi) is 4.42. The summed E-state index contributed by atoms with van der Waals surface area (Å²) in [6.07, 6.45) is 3.29. The van der Waals surface area contributed by atoms with Gasteiger partial charge in [-0.25, -0.2) is 0 Å².